The quantitative estimate of drug-likeness (QED) is 0.482. The minimum absolute atomic E-state index is 0.0214. The highest BCUT2D eigenvalue weighted by Crippen LogP contribution is 2.04. The molecule has 3 heteroatoms. The van der Waals surface area contributed by atoms with E-state index < -0.39 is 0 Å². The topological polar surface area (TPSA) is 52.3 Å². The van der Waals surface area contributed by atoms with E-state index >= 15 is 0 Å². The van der Waals surface area contributed by atoms with Gasteiger partial charge in [0, 0.05) is 6.42 Å². The molecule has 1 atom stereocenters. The fourth-order valence-corrected chi connectivity index (χ4v) is 0.765. The van der Waals surface area contributed by atoms with Crippen molar-refractivity contribution < 1.29 is 9.53 Å². The zero-order valence-corrected chi connectivity index (χ0v) is 7.38. The lowest BCUT2D eigenvalue weighted by atomic mass is 10.1. The monoisotopic (exact) mass is 169 g/mol. The summed E-state index contributed by atoms with van der Waals surface area (Å²) >= 11 is 0. The van der Waals surface area contributed by atoms with Crippen LogP contribution < -0.4 is 5.73 Å². The van der Waals surface area contributed by atoms with Gasteiger partial charge >= 0.3 is 0 Å². The van der Waals surface area contributed by atoms with E-state index in [2.05, 4.69) is 13.2 Å². The van der Waals surface area contributed by atoms with E-state index in [0.29, 0.717) is 12.8 Å². The van der Waals surface area contributed by atoms with Gasteiger partial charge in [-0.3, -0.25) is 4.79 Å². The number of rotatable bonds is 6. The minimum Gasteiger partial charge on any atom is -0.477 e. The van der Waals surface area contributed by atoms with E-state index in [-0.39, 0.29) is 17.8 Å². The van der Waals surface area contributed by atoms with Crippen molar-refractivity contribution >= 4 is 5.78 Å². The third kappa shape index (κ3) is 5.53. The van der Waals surface area contributed by atoms with Crippen LogP contribution in [0, 0.1) is 0 Å². The lowest BCUT2D eigenvalue weighted by Gasteiger charge is -2.12. The first-order valence-corrected chi connectivity index (χ1v) is 3.82. The zero-order valence-electron chi connectivity index (χ0n) is 7.38. The number of hydrogen-bond donors (Lipinski definition) is 1. The number of allylic oxidation sites excluding steroid dienone is 1. The summed E-state index contributed by atoms with van der Waals surface area (Å²) in [6.07, 6.45) is 2.33. The number of carbonyl (C=O) groups is 1. The van der Waals surface area contributed by atoms with Crippen LogP contribution in [0.25, 0.3) is 0 Å². The number of ketones is 1. The number of hydrogen-bond acceptors (Lipinski definition) is 3. The predicted octanol–water partition coefficient (Wildman–Crippen LogP) is 1.36. The molecule has 1 unspecified atom stereocenters. The Labute approximate surface area is 72.9 Å². The van der Waals surface area contributed by atoms with Gasteiger partial charge in [0.05, 0.1) is 6.10 Å². The van der Waals surface area contributed by atoms with Crippen LogP contribution in [0.4, 0.5) is 0 Å². The van der Waals surface area contributed by atoms with Crippen molar-refractivity contribution in [2.75, 3.05) is 0 Å². The molecule has 0 bridgehead atoms. The van der Waals surface area contributed by atoms with Gasteiger partial charge in [0.15, 0.2) is 11.7 Å². The molecule has 12 heavy (non-hydrogen) atoms. The van der Waals surface area contributed by atoms with E-state index in [1.165, 1.54) is 6.08 Å². The summed E-state index contributed by atoms with van der Waals surface area (Å²) in [4.78, 5) is 10.8. The molecule has 0 aromatic carbocycles. The second-order valence-electron chi connectivity index (χ2n) is 2.60. The molecule has 0 spiro atoms. The van der Waals surface area contributed by atoms with Crippen molar-refractivity contribution in [1.29, 1.82) is 0 Å². The molecule has 0 aliphatic rings. The predicted molar refractivity (Wildman–Crippen MR) is 48.3 cm³/mol. The maximum absolute atomic E-state index is 10.8. The normalized spacial score (nSPS) is 11.8. The van der Waals surface area contributed by atoms with Gasteiger partial charge in [0.25, 0.3) is 0 Å². The SMILES string of the molecule is C=CC(=O)CCC(C)OC(=C)N. The molecule has 0 radical (unpaired) electrons. The Bertz CT molecular complexity index is 187. The molecule has 2 N–H and O–H groups in total. The third-order valence-corrected chi connectivity index (χ3v) is 1.38. The fourth-order valence-electron chi connectivity index (χ4n) is 0.765. The first kappa shape index (κ1) is 10.8. The average molecular weight is 169 g/mol. The van der Waals surface area contributed by atoms with Gasteiger partial charge in [0.2, 0.25) is 0 Å². The Morgan fingerprint density at radius 2 is 2.33 bits per heavy atom. The van der Waals surface area contributed by atoms with Crippen molar-refractivity contribution in [1.82, 2.24) is 0 Å². The standard InChI is InChI=1S/C9H15NO2/c1-4-9(11)6-5-7(2)12-8(3)10/h4,7H,1,3,5-6,10H2,2H3. The van der Waals surface area contributed by atoms with Crippen molar-refractivity contribution in [2.24, 2.45) is 5.73 Å². The zero-order chi connectivity index (χ0) is 9.56. The Balaban J connectivity index is 3.56. The van der Waals surface area contributed by atoms with Crippen LogP contribution in [-0.2, 0) is 9.53 Å². The van der Waals surface area contributed by atoms with Crippen LogP contribution in [0.15, 0.2) is 25.1 Å². The van der Waals surface area contributed by atoms with E-state index in [0.717, 1.165) is 0 Å². The molecule has 3 nitrogen and oxygen atoms in total. The molecule has 0 amide bonds. The van der Waals surface area contributed by atoms with Crippen molar-refractivity contribution in [2.45, 2.75) is 25.9 Å². The molecule has 0 saturated heterocycles. The maximum Gasteiger partial charge on any atom is 0.176 e. The Kier molecular flexibility index (Phi) is 4.84. The number of carbonyl (C=O) groups excluding carboxylic acids is 1. The molecule has 0 heterocycles. The van der Waals surface area contributed by atoms with Gasteiger partial charge < -0.3 is 10.5 Å². The number of ether oxygens (including phenoxy) is 1. The van der Waals surface area contributed by atoms with Crippen LogP contribution in [0.2, 0.25) is 0 Å². The van der Waals surface area contributed by atoms with Gasteiger partial charge in [-0.2, -0.15) is 0 Å². The fraction of sp³-hybridized carbons (Fsp3) is 0.444. The van der Waals surface area contributed by atoms with Crippen LogP contribution in [-0.4, -0.2) is 11.9 Å². The molecule has 0 aliphatic heterocycles. The summed E-state index contributed by atoms with van der Waals surface area (Å²) in [5.41, 5.74) is 5.21. The maximum atomic E-state index is 10.8. The summed E-state index contributed by atoms with van der Waals surface area (Å²) in [7, 11) is 0. The van der Waals surface area contributed by atoms with Gasteiger partial charge in [-0.1, -0.05) is 6.58 Å². The molecule has 0 saturated carbocycles. The highest BCUT2D eigenvalue weighted by atomic mass is 16.5. The molecule has 0 aromatic heterocycles. The Morgan fingerprint density at radius 1 is 1.75 bits per heavy atom. The summed E-state index contributed by atoms with van der Waals surface area (Å²) in [5, 5.41) is 0. The summed E-state index contributed by atoms with van der Waals surface area (Å²) in [6.45, 7) is 8.60. The van der Waals surface area contributed by atoms with E-state index in [9.17, 15) is 4.79 Å². The average Bonchev–Trinajstić information content (AvgIpc) is 1.99. The second kappa shape index (κ2) is 5.41. The van der Waals surface area contributed by atoms with Gasteiger partial charge in [-0.15, -0.1) is 0 Å². The summed E-state index contributed by atoms with van der Waals surface area (Å²) in [5.74, 6) is 0.210. The first-order valence-electron chi connectivity index (χ1n) is 3.82. The highest BCUT2D eigenvalue weighted by molar-refractivity contribution is 5.88. The molecular formula is C9H15NO2. The molecule has 68 valence electrons. The summed E-state index contributed by atoms with van der Waals surface area (Å²) < 4.78 is 5.04. The largest absolute Gasteiger partial charge is 0.477 e. The molecule has 0 fully saturated rings. The van der Waals surface area contributed by atoms with E-state index in [4.69, 9.17) is 10.5 Å². The van der Waals surface area contributed by atoms with Crippen LogP contribution in [0.3, 0.4) is 0 Å². The summed E-state index contributed by atoms with van der Waals surface area (Å²) in [6, 6.07) is 0. The van der Waals surface area contributed by atoms with Gasteiger partial charge in [-0.25, -0.2) is 0 Å². The van der Waals surface area contributed by atoms with Crippen LogP contribution >= 0.6 is 0 Å². The van der Waals surface area contributed by atoms with Crippen LogP contribution in [0.5, 0.6) is 0 Å². The van der Waals surface area contributed by atoms with Crippen LogP contribution in [0.1, 0.15) is 19.8 Å². The minimum atomic E-state index is -0.0635. The lowest BCUT2D eigenvalue weighted by molar-refractivity contribution is -0.115. The van der Waals surface area contributed by atoms with Gasteiger partial charge in [0.1, 0.15) is 0 Å². The molecule has 0 aliphatic carbocycles. The molecule has 0 rings (SSSR count). The van der Waals surface area contributed by atoms with Gasteiger partial charge in [-0.05, 0) is 26.0 Å². The highest BCUT2D eigenvalue weighted by Gasteiger charge is 2.04. The Morgan fingerprint density at radius 3 is 2.75 bits per heavy atom. The number of nitrogens with two attached hydrogens (primary N) is 1. The van der Waals surface area contributed by atoms with E-state index in [1.54, 1.807) is 0 Å². The lowest BCUT2D eigenvalue weighted by Crippen LogP contribution is -2.13. The van der Waals surface area contributed by atoms with E-state index in [1.807, 2.05) is 6.92 Å². The first-order chi connectivity index (χ1) is 5.56. The smallest absolute Gasteiger partial charge is 0.176 e. The third-order valence-electron chi connectivity index (χ3n) is 1.38. The molecular weight excluding hydrogens is 154 g/mol. The van der Waals surface area contributed by atoms with Crippen molar-refractivity contribution in [3.8, 4) is 0 Å². The second-order valence-corrected chi connectivity index (χ2v) is 2.60. The Hall–Kier alpha value is -1.25. The molecule has 0 aromatic rings. The van der Waals surface area contributed by atoms with Crippen molar-refractivity contribution in [3.63, 3.8) is 0 Å². The van der Waals surface area contributed by atoms with Crippen molar-refractivity contribution in [3.05, 3.63) is 25.1 Å².